The highest BCUT2D eigenvalue weighted by Gasteiger charge is 2.20. The molecule has 0 unspecified atom stereocenters. The molecule has 0 radical (unpaired) electrons. The SMILES string of the molecule is COc1n[nH]c(NS(=O)(=O)c2ccccc2C#N)n1. The van der Waals surface area contributed by atoms with Gasteiger partial charge >= 0.3 is 6.01 Å². The number of nitrogens with one attached hydrogen (secondary N) is 2. The number of anilines is 1. The number of H-pyrrole nitrogens is 1. The van der Waals surface area contributed by atoms with Crippen molar-refractivity contribution in [3.8, 4) is 12.1 Å². The van der Waals surface area contributed by atoms with E-state index in [1.54, 1.807) is 6.07 Å². The second-order valence-electron chi connectivity index (χ2n) is 3.38. The molecule has 98 valence electrons. The van der Waals surface area contributed by atoms with Gasteiger partial charge in [-0.2, -0.15) is 10.2 Å². The minimum absolute atomic E-state index is 0.00580. The predicted molar refractivity (Wildman–Crippen MR) is 64.9 cm³/mol. The molecule has 0 saturated carbocycles. The van der Waals surface area contributed by atoms with Crippen LogP contribution in [0.5, 0.6) is 6.01 Å². The Kier molecular flexibility index (Phi) is 3.35. The Bertz CT molecular complexity index is 732. The van der Waals surface area contributed by atoms with Crippen LogP contribution in [-0.2, 0) is 10.0 Å². The number of aromatic nitrogens is 3. The summed E-state index contributed by atoms with van der Waals surface area (Å²) in [6.07, 6.45) is 0. The van der Waals surface area contributed by atoms with Gasteiger partial charge in [0.15, 0.2) is 0 Å². The zero-order valence-electron chi connectivity index (χ0n) is 9.78. The Hall–Kier alpha value is -2.60. The Morgan fingerprint density at radius 1 is 1.42 bits per heavy atom. The van der Waals surface area contributed by atoms with Crippen LogP contribution < -0.4 is 9.46 Å². The molecule has 2 rings (SSSR count). The first kappa shape index (κ1) is 12.8. The van der Waals surface area contributed by atoms with Crippen molar-refractivity contribution in [2.75, 3.05) is 11.8 Å². The lowest BCUT2D eigenvalue weighted by molar-refractivity contribution is 0.382. The summed E-state index contributed by atoms with van der Waals surface area (Å²) in [5, 5.41) is 14.9. The zero-order valence-corrected chi connectivity index (χ0v) is 10.6. The molecule has 19 heavy (non-hydrogen) atoms. The van der Waals surface area contributed by atoms with Crippen LogP contribution in [0.1, 0.15) is 5.56 Å². The lowest BCUT2D eigenvalue weighted by Crippen LogP contribution is -2.15. The Morgan fingerprint density at radius 2 is 2.16 bits per heavy atom. The maximum absolute atomic E-state index is 12.1. The number of nitriles is 1. The monoisotopic (exact) mass is 279 g/mol. The first-order valence-corrected chi connectivity index (χ1v) is 6.53. The normalized spacial score (nSPS) is 10.7. The average molecular weight is 279 g/mol. The number of hydrogen-bond acceptors (Lipinski definition) is 6. The number of rotatable bonds is 4. The highest BCUT2D eigenvalue weighted by Crippen LogP contribution is 2.17. The highest BCUT2D eigenvalue weighted by molar-refractivity contribution is 7.92. The number of benzene rings is 1. The molecule has 0 amide bonds. The van der Waals surface area contributed by atoms with Gasteiger partial charge in [0.05, 0.1) is 12.7 Å². The third-order valence-corrected chi connectivity index (χ3v) is 3.57. The second-order valence-corrected chi connectivity index (χ2v) is 5.04. The summed E-state index contributed by atoms with van der Waals surface area (Å²) in [4.78, 5) is 3.60. The summed E-state index contributed by atoms with van der Waals surface area (Å²) < 4.78 is 31.1. The summed E-state index contributed by atoms with van der Waals surface area (Å²) in [7, 11) is -2.56. The molecule has 0 aliphatic carbocycles. The zero-order chi connectivity index (χ0) is 13.9. The smallest absolute Gasteiger partial charge is 0.336 e. The van der Waals surface area contributed by atoms with E-state index in [0.29, 0.717) is 0 Å². The van der Waals surface area contributed by atoms with Crippen molar-refractivity contribution in [3.63, 3.8) is 0 Å². The Labute approximate surface area is 109 Å². The fourth-order valence-corrected chi connectivity index (χ4v) is 2.48. The van der Waals surface area contributed by atoms with E-state index in [9.17, 15) is 8.42 Å². The maximum atomic E-state index is 12.1. The van der Waals surface area contributed by atoms with E-state index in [1.807, 2.05) is 6.07 Å². The number of sulfonamides is 1. The fourth-order valence-electron chi connectivity index (χ4n) is 1.36. The molecule has 0 saturated heterocycles. The molecule has 0 atom stereocenters. The molecule has 0 aliphatic heterocycles. The molecule has 2 aromatic rings. The van der Waals surface area contributed by atoms with Gasteiger partial charge in [0, 0.05) is 0 Å². The van der Waals surface area contributed by atoms with Crippen LogP contribution in [0.4, 0.5) is 5.95 Å². The molecule has 8 nitrogen and oxygen atoms in total. The number of aromatic amines is 1. The van der Waals surface area contributed by atoms with Crippen LogP contribution in [0.2, 0.25) is 0 Å². The topological polar surface area (TPSA) is 121 Å². The standard InChI is InChI=1S/C10H9N5O3S/c1-18-10-12-9(13-14-10)15-19(16,17)8-5-3-2-4-7(8)6-11/h2-5H,1H3,(H2,12,13,14,15). The summed E-state index contributed by atoms with van der Waals surface area (Å²) in [5.74, 6) is -0.0930. The van der Waals surface area contributed by atoms with Crippen molar-refractivity contribution in [2.24, 2.45) is 0 Å². The van der Waals surface area contributed by atoms with Crippen LogP contribution in [0.15, 0.2) is 29.2 Å². The minimum Gasteiger partial charge on any atom is -0.466 e. The van der Waals surface area contributed by atoms with Gasteiger partial charge < -0.3 is 4.74 Å². The van der Waals surface area contributed by atoms with Crippen molar-refractivity contribution >= 4 is 16.0 Å². The van der Waals surface area contributed by atoms with Gasteiger partial charge in [-0.3, -0.25) is 0 Å². The molecular formula is C10H9N5O3S. The van der Waals surface area contributed by atoms with Gasteiger partial charge in [0.2, 0.25) is 5.95 Å². The van der Waals surface area contributed by atoms with Crippen LogP contribution in [-0.4, -0.2) is 30.7 Å². The van der Waals surface area contributed by atoms with Crippen molar-refractivity contribution < 1.29 is 13.2 Å². The molecule has 1 aromatic heterocycles. The maximum Gasteiger partial charge on any atom is 0.336 e. The van der Waals surface area contributed by atoms with E-state index in [1.165, 1.54) is 25.3 Å². The third kappa shape index (κ3) is 2.63. The first-order valence-electron chi connectivity index (χ1n) is 5.05. The van der Waals surface area contributed by atoms with Gasteiger partial charge in [0.25, 0.3) is 10.0 Å². The van der Waals surface area contributed by atoms with E-state index < -0.39 is 10.0 Å². The Morgan fingerprint density at radius 3 is 2.79 bits per heavy atom. The highest BCUT2D eigenvalue weighted by atomic mass is 32.2. The number of ether oxygens (including phenoxy) is 1. The van der Waals surface area contributed by atoms with Crippen molar-refractivity contribution in [1.82, 2.24) is 15.2 Å². The number of hydrogen-bond donors (Lipinski definition) is 2. The van der Waals surface area contributed by atoms with Gasteiger partial charge in [-0.15, -0.1) is 5.10 Å². The summed E-state index contributed by atoms with van der Waals surface area (Å²) in [5.41, 5.74) is 0.0430. The van der Waals surface area contributed by atoms with Crippen molar-refractivity contribution in [1.29, 1.82) is 5.26 Å². The number of methoxy groups -OCH3 is 1. The predicted octanol–water partition coefficient (Wildman–Crippen LogP) is 0.486. The Balaban J connectivity index is 2.35. The molecule has 2 N–H and O–H groups in total. The average Bonchev–Trinajstić information content (AvgIpc) is 2.85. The molecule has 1 heterocycles. The molecular weight excluding hydrogens is 270 g/mol. The van der Waals surface area contributed by atoms with Gasteiger partial charge in [-0.05, 0) is 12.1 Å². The van der Waals surface area contributed by atoms with Gasteiger partial charge in [-0.1, -0.05) is 12.1 Å². The minimum atomic E-state index is -3.91. The first-order chi connectivity index (χ1) is 9.06. The van der Waals surface area contributed by atoms with E-state index in [0.717, 1.165) is 0 Å². The molecule has 0 aliphatic rings. The quantitative estimate of drug-likeness (QED) is 0.839. The number of nitrogens with zero attached hydrogens (tertiary/aromatic N) is 3. The van der Waals surface area contributed by atoms with E-state index >= 15 is 0 Å². The van der Waals surface area contributed by atoms with Crippen molar-refractivity contribution in [3.05, 3.63) is 29.8 Å². The summed E-state index contributed by atoms with van der Waals surface area (Å²) >= 11 is 0. The van der Waals surface area contributed by atoms with Crippen LogP contribution in [0, 0.1) is 11.3 Å². The third-order valence-electron chi connectivity index (χ3n) is 2.18. The van der Waals surface area contributed by atoms with E-state index in [-0.39, 0.29) is 22.4 Å². The molecule has 0 bridgehead atoms. The molecule has 1 aromatic carbocycles. The van der Waals surface area contributed by atoms with Gasteiger partial charge in [0.1, 0.15) is 11.0 Å². The van der Waals surface area contributed by atoms with E-state index in [2.05, 4.69) is 19.9 Å². The lowest BCUT2D eigenvalue weighted by Gasteiger charge is -2.05. The van der Waals surface area contributed by atoms with Gasteiger partial charge in [-0.25, -0.2) is 18.2 Å². The van der Waals surface area contributed by atoms with Crippen LogP contribution in [0.3, 0.4) is 0 Å². The largest absolute Gasteiger partial charge is 0.466 e. The van der Waals surface area contributed by atoms with Crippen molar-refractivity contribution in [2.45, 2.75) is 4.90 Å². The van der Waals surface area contributed by atoms with Crippen LogP contribution >= 0.6 is 0 Å². The molecule has 0 fully saturated rings. The summed E-state index contributed by atoms with van der Waals surface area (Å²) in [6, 6.07) is 7.66. The second kappa shape index (κ2) is 4.95. The van der Waals surface area contributed by atoms with Crippen LogP contribution in [0.25, 0.3) is 0 Å². The lowest BCUT2D eigenvalue weighted by atomic mass is 10.2. The molecule has 0 spiro atoms. The molecule has 9 heteroatoms. The van der Waals surface area contributed by atoms with E-state index in [4.69, 9.17) is 10.00 Å². The fraction of sp³-hybridized carbons (Fsp3) is 0.100. The summed E-state index contributed by atoms with van der Waals surface area (Å²) in [6.45, 7) is 0.